The second-order valence-corrected chi connectivity index (χ2v) is 9.99. The Balaban J connectivity index is 1.17. The van der Waals surface area contributed by atoms with Gasteiger partial charge in [0.15, 0.2) is 0 Å². The normalized spacial score (nSPS) is 17.9. The van der Waals surface area contributed by atoms with Crippen LogP contribution in [0.5, 0.6) is 5.75 Å². The Labute approximate surface area is 234 Å². The Hall–Kier alpha value is -4.44. The Morgan fingerprint density at radius 2 is 1.95 bits per heavy atom. The van der Waals surface area contributed by atoms with E-state index in [4.69, 9.17) is 21.4 Å². The minimum atomic E-state index is -1.20. The van der Waals surface area contributed by atoms with Crippen molar-refractivity contribution < 1.29 is 28.6 Å². The highest BCUT2D eigenvalue weighted by Crippen LogP contribution is 2.40. The lowest BCUT2D eigenvalue weighted by Gasteiger charge is -2.15. The van der Waals surface area contributed by atoms with E-state index in [1.165, 1.54) is 23.2 Å². The van der Waals surface area contributed by atoms with Crippen LogP contribution in [-0.4, -0.2) is 58.3 Å². The number of carbonyl (C=O) groups excluding carboxylic acids is 2. The lowest BCUT2D eigenvalue weighted by molar-refractivity contribution is -0.116. The van der Waals surface area contributed by atoms with Gasteiger partial charge in [-0.15, -0.1) is 0 Å². The van der Waals surface area contributed by atoms with Crippen LogP contribution in [0.3, 0.4) is 0 Å². The largest absolute Gasteiger partial charge is 0.484 e. The monoisotopic (exact) mass is 564 g/mol. The third-order valence-corrected chi connectivity index (χ3v) is 6.96. The molecule has 0 saturated carbocycles. The number of pyridine rings is 1. The van der Waals surface area contributed by atoms with Gasteiger partial charge in [0.2, 0.25) is 5.91 Å². The van der Waals surface area contributed by atoms with Gasteiger partial charge in [-0.2, -0.15) is 0 Å². The van der Waals surface area contributed by atoms with Crippen LogP contribution in [0, 0.1) is 0 Å². The molecule has 3 aromatic rings. The number of hydrogen-bond donors (Lipinski definition) is 3. The highest BCUT2D eigenvalue weighted by atomic mass is 35.5. The first-order valence-corrected chi connectivity index (χ1v) is 13.1. The summed E-state index contributed by atoms with van der Waals surface area (Å²) in [7, 11) is 0. The van der Waals surface area contributed by atoms with Crippen LogP contribution >= 0.6 is 11.6 Å². The molecule has 2 aliphatic heterocycles. The highest BCUT2D eigenvalue weighted by molar-refractivity contribution is 6.32. The predicted molar refractivity (Wildman–Crippen MR) is 147 cm³/mol. The molecule has 2 atom stereocenters. The molecule has 5 rings (SSSR count). The van der Waals surface area contributed by atoms with Crippen molar-refractivity contribution in [3.8, 4) is 16.9 Å². The van der Waals surface area contributed by atoms with Crippen molar-refractivity contribution in [2.75, 3.05) is 18.4 Å². The molecule has 0 aliphatic carbocycles. The Morgan fingerprint density at radius 1 is 1.15 bits per heavy atom. The molecule has 9 nitrogen and oxygen atoms in total. The summed E-state index contributed by atoms with van der Waals surface area (Å²) in [5.74, 6) is 0.283. The topological polar surface area (TPSA) is 121 Å². The summed E-state index contributed by atoms with van der Waals surface area (Å²) in [6.07, 6.45) is 2.93. The number of aromatic nitrogens is 1. The molecule has 40 heavy (non-hydrogen) atoms. The van der Waals surface area contributed by atoms with Gasteiger partial charge in [0.1, 0.15) is 23.8 Å². The molecule has 3 heterocycles. The van der Waals surface area contributed by atoms with E-state index < -0.39 is 12.3 Å². The molecule has 1 aromatic heterocycles. The molecular weight excluding hydrogens is 539 g/mol. The maximum atomic E-state index is 13.5. The van der Waals surface area contributed by atoms with Gasteiger partial charge in [-0.3, -0.25) is 14.9 Å². The standard InChI is InChI=1S/C29H26ClFN4O5/c30-24-13-20(18-2-4-19(5-3-18)28(37)35-10-9-22(31)16-35)11-21-12-23(40-27(21)24)6-8-26(36)33-15-17-1-7-25(32-14-17)34-29(38)39/h1-8,11,13-14,22-23H,9-10,12,15-16H2,(H,32,34)(H,33,36)(H,38,39)/t22-,23?/m1/s1. The number of ether oxygens (including phenoxy) is 1. The number of carbonyl (C=O) groups is 3. The molecular formula is C29H26ClFN4O5. The fourth-order valence-corrected chi connectivity index (χ4v) is 4.95. The third kappa shape index (κ3) is 6.40. The molecule has 3 amide bonds. The van der Waals surface area contributed by atoms with Gasteiger partial charge in [0.05, 0.1) is 11.6 Å². The summed E-state index contributed by atoms with van der Waals surface area (Å²) >= 11 is 6.52. The number of carboxylic acid groups (broad SMARTS) is 1. The molecule has 11 heteroatoms. The Bertz CT molecular complexity index is 1460. The molecule has 1 saturated heterocycles. The van der Waals surface area contributed by atoms with Crippen molar-refractivity contribution in [1.82, 2.24) is 15.2 Å². The van der Waals surface area contributed by atoms with Crippen LogP contribution in [0.15, 0.2) is 66.9 Å². The average Bonchev–Trinajstić information content (AvgIpc) is 3.57. The van der Waals surface area contributed by atoms with Gasteiger partial charge in [-0.25, -0.2) is 14.2 Å². The van der Waals surface area contributed by atoms with E-state index >= 15 is 0 Å². The average molecular weight is 565 g/mol. The van der Waals surface area contributed by atoms with Crippen LogP contribution < -0.4 is 15.4 Å². The van der Waals surface area contributed by atoms with Crippen molar-refractivity contribution >= 4 is 35.3 Å². The minimum Gasteiger partial charge on any atom is -0.484 e. The van der Waals surface area contributed by atoms with Gasteiger partial charge >= 0.3 is 6.09 Å². The first-order valence-electron chi connectivity index (χ1n) is 12.7. The number of amides is 3. The third-order valence-electron chi connectivity index (χ3n) is 6.68. The summed E-state index contributed by atoms with van der Waals surface area (Å²) in [4.78, 5) is 41.1. The molecule has 2 aliphatic rings. The summed E-state index contributed by atoms with van der Waals surface area (Å²) < 4.78 is 19.4. The predicted octanol–water partition coefficient (Wildman–Crippen LogP) is 4.85. The van der Waals surface area contributed by atoms with Crippen molar-refractivity contribution in [3.63, 3.8) is 0 Å². The van der Waals surface area contributed by atoms with E-state index in [0.29, 0.717) is 41.3 Å². The summed E-state index contributed by atoms with van der Waals surface area (Å²) in [6.45, 7) is 0.791. The zero-order valence-corrected chi connectivity index (χ0v) is 22.0. The Kier molecular flexibility index (Phi) is 7.97. The lowest BCUT2D eigenvalue weighted by Crippen LogP contribution is -2.28. The van der Waals surface area contributed by atoms with Gasteiger partial charge in [0.25, 0.3) is 5.91 Å². The number of rotatable bonds is 7. The second kappa shape index (κ2) is 11.7. The van der Waals surface area contributed by atoms with E-state index in [9.17, 15) is 18.8 Å². The first kappa shape index (κ1) is 27.1. The number of nitrogens with one attached hydrogen (secondary N) is 2. The maximum Gasteiger partial charge on any atom is 0.410 e. The number of fused-ring (bicyclic) bond motifs is 1. The van der Waals surface area contributed by atoms with E-state index in [0.717, 1.165) is 16.7 Å². The van der Waals surface area contributed by atoms with Gasteiger partial charge in [-0.05, 0) is 59.5 Å². The maximum absolute atomic E-state index is 13.5. The van der Waals surface area contributed by atoms with Crippen molar-refractivity contribution in [1.29, 1.82) is 0 Å². The van der Waals surface area contributed by atoms with E-state index in [1.807, 2.05) is 18.2 Å². The SMILES string of the molecule is O=C(O)Nc1ccc(CNC(=O)C=CC2Cc3cc(-c4ccc(C(=O)N5CC[C@@H](F)C5)cc4)cc(Cl)c3O2)cn1. The number of alkyl halides is 1. The molecule has 1 fully saturated rings. The van der Waals surface area contributed by atoms with Gasteiger partial charge in [-0.1, -0.05) is 29.8 Å². The molecule has 0 spiro atoms. The summed E-state index contributed by atoms with van der Waals surface area (Å²) in [5, 5.41) is 14.1. The van der Waals surface area contributed by atoms with Crippen LogP contribution in [-0.2, 0) is 17.8 Å². The van der Waals surface area contributed by atoms with Crippen LogP contribution in [0.25, 0.3) is 11.1 Å². The molecule has 0 bridgehead atoms. The van der Waals surface area contributed by atoms with Crippen molar-refractivity contribution in [3.05, 3.63) is 88.6 Å². The minimum absolute atomic E-state index is 0.137. The number of anilines is 1. The molecule has 0 radical (unpaired) electrons. The molecule has 2 aromatic carbocycles. The van der Waals surface area contributed by atoms with Crippen LogP contribution in [0.4, 0.5) is 15.0 Å². The zero-order valence-electron chi connectivity index (χ0n) is 21.3. The van der Waals surface area contributed by atoms with Crippen molar-refractivity contribution in [2.45, 2.75) is 31.7 Å². The lowest BCUT2D eigenvalue weighted by atomic mass is 9.99. The highest BCUT2D eigenvalue weighted by Gasteiger charge is 2.27. The summed E-state index contributed by atoms with van der Waals surface area (Å²) in [5.41, 5.74) is 3.89. The second-order valence-electron chi connectivity index (χ2n) is 9.58. The van der Waals surface area contributed by atoms with Crippen molar-refractivity contribution in [2.24, 2.45) is 0 Å². The number of halogens is 2. The van der Waals surface area contributed by atoms with E-state index in [-0.39, 0.29) is 36.8 Å². The smallest absolute Gasteiger partial charge is 0.410 e. The van der Waals surface area contributed by atoms with Crippen LogP contribution in [0.1, 0.15) is 27.9 Å². The molecule has 1 unspecified atom stereocenters. The van der Waals surface area contributed by atoms with Crippen LogP contribution in [0.2, 0.25) is 5.02 Å². The fraction of sp³-hybridized carbons (Fsp3) is 0.241. The number of likely N-dealkylation sites (tertiary alicyclic amines) is 1. The summed E-state index contributed by atoms with van der Waals surface area (Å²) in [6, 6.07) is 14.1. The Morgan fingerprint density at radius 3 is 2.62 bits per heavy atom. The number of hydrogen-bond acceptors (Lipinski definition) is 5. The zero-order chi connectivity index (χ0) is 28.2. The molecule has 3 N–H and O–H groups in total. The van der Waals surface area contributed by atoms with E-state index in [2.05, 4.69) is 15.6 Å². The van der Waals surface area contributed by atoms with E-state index in [1.54, 1.807) is 30.3 Å². The fourth-order valence-electron chi connectivity index (χ4n) is 4.66. The quantitative estimate of drug-likeness (QED) is 0.353. The number of benzene rings is 2. The number of nitrogens with zero attached hydrogens (tertiary/aromatic N) is 2. The first-order chi connectivity index (χ1) is 19.2. The van der Waals surface area contributed by atoms with Gasteiger partial charge < -0.3 is 20.1 Å². The molecule has 206 valence electrons. The van der Waals surface area contributed by atoms with Gasteiger partial charge in [0, 0.05) is 42.9 Å².